The van der Waals surface area contributed by atoms with Crippen molar-refractivity contribution in [2.45, 2.75) is 20.0 Å². The van der Waals surface area contributed by atoms with Gasteiger partial charge in [0.15, 0.2) is 11.5 Å². The van der Waals surface area contributed by atoms with Gasteiger partial charge in [0.25, 0.3) is 0 Å². The maximum atomic E-state index is 10.7. The highest BCUT2D eigenvalue weighted by Gasteiger charge is 2.08. The molecule has 11 heavy (non-hydrogen) atoms. The van der Waals surface area contributed by atoms with Gasteiger partial charge in [0.2, 0.25) is 0 Å². The van der Waals surface area contributed by atoms with Crippen LogP contribution in [0.25, 0.3) is 0 Å². The predicted molar refractivity (Wildman–Crippen MR) is 39.3 cm³/mol. The van der Waals surface area contributed by atoms with Gasteiger partial charge < -0.3 is 9.52 Å². The molecule has 1 aromatic rings. The molecule has 1 atom stereocenters. The molecule has 0 saturated heterocycles. The summed E-state index contributed by atoms with van der Waals surface area (Å²) in [6.07, 6.45) is -0.650. The van der Waals surface area contributed by atoms with Crippen molar-refractivity contribution in [2.75, 3.05) is 0 Å². The lowest BCUT2D eigenvalue weighted by Gasteiger charge is -1.96. The van der Waals surface area contributed by atoms with Crippen molar-refractivity contribution >= 4 is 5.78 Å². The van der Waals surface area contributed by atoms with Crippen LogP contribution in [0.5, 0.6) is 0 Å². The fourth-order valence-electron chi connectivity index (χ4n) is 0.767. The van der Waals surface area contributed by atoms with Crippen LogP contribution in [0.1, 0.15) is 36.3 Å². The predicted octanol–water partition coefficient (Wildman–Crippen LogP) is 1.54. The maximum absolute atomic E-state index is 10.7. The molecule has 1 heterocycles. The Morgan fingerprint density at radius 1 is 1.64 bits per heavy atom. The van der Waals surface area contributed by atoms with Crippen molar-refractivity contribution in [1.82, 2.24) is 0 Å². The molecule has 0 radical (unpaired) electrons. The van der Waals surface area contributed by atoms with Crippen LogP contribution in [0.15, 0.2) is 16.5 Å². The van der Waals surface area contributed by atoms with Crippen molar-refractivity contribution < 1.29 is 14.3 Å². The van der Waals surface area contributed by atoms with E-state index >= 15 is 0 Å². The molecule has 0 aliphatic heterocycles. The van der Waals surface area contributed by atoms with Gasteiger partial charge in [-0.2, -0.15) is 0 Å². The number of rotatable bonds is 2. The second kappa shape index (κ2) is 2.88. The van der Waals surface area contributed by atoms with Crippen LogP contribution < -0.4 is 0 Å². The molecular weight excluding hydrogens is 144 g/mol. The topological polar surface area (TPSA) is 50.4 Å². The Bertz CT molecular complexity index is 260. The molecule has 0 bridgehead atoms. The Kier molecular flexibility index (Phi) is 2.10. The van der Waals surface area contributed by atoms with E-state index in [4.69, 9.17) is 9.52 Å². The van der Waals surface area contributed by atoms with E-state index in [9.17, 15) is 4.79 Å². The summed E-state index contributed by atoms with van der Waals surface area (Å²) in [6.45, 7) is 3.01. The van der Waals surface area contributed by atoms with E-state index in [1.807, 2.05) is 0 Å². The average Bonchev–Trinajstić information content (AvgIpc) is 2.33. The normalized spacial score (nSPS) is 13.0. The molecule has 1 N–H and O–H groups in total. The van der Waals surface area contributed by atoms with Crippen LogP contribution in [0, 0.1) is 0 Å². The number of hydrogen-bond acceptors (Lipinski definition) is 3. The molecule has 0 aliphatic rings. The average molecular weight is 154 g/mol. The van der Waals surface area contributed by atoms with Crippen LogP contribution in [0.2, 0.25) is 0 Å². The van der Waals surface area contributed by atoms with Crippen molar-refractivity contribution in [3.8, 4) is 0 Å². The standard InChI is InChI=1S/C8H10O3/c1-5(9)7-3-4-8(11-7)6(2)10/h3-5,9H,1-2H3/t5-/m1/s1. The van der Waals surface area contributed by atoms with E-state index in [-0.39, 0.29) is 5.78 Å². The molecule has 1 aromatic heterocycles. The summed E-state index contributed by atoms with van der Waals surface area (Å²) >= 11 is 0. The number of Topliss-reactive ketones (excluding diaryl/α,β-unsaturated/α-hetero) is 1. The molecule has 0 aromatic carbocycles. The Morgan fingerprint density at radius 3 is 2.55 bits per heavy atom. The lowest BCUT2D eigenvalue weighted by molar-refractivity contribution is 0.0977. The smallest absolute Gasteiger partial charge is 0.194 e. The molecule has 1 rings (SSSR count). The molecule has 0 fully saturated rings. The number of aliphatic hydroxyl groups excluding tert-OH is 1. The molecule has 0 unspecified atom stereocenters. The maximum Gasteiger partial charge on any atom is 0.194 e. The first-order chi connectivity index (χ1) is 5.11. The summed E-state index contributed by atoms with van der Waals surface area (Å²) in [5.41, 5.74) is 0. The van der Waals surface area contributed by atoms with Gasteiger partial charge in [0, 0.05) is 6.92 Å². The molecule has 3 nitrogen and oxygen atoms in total. The molecular formula is C8H10O3. The molecule has 60 valence electrons. The second-order valence-electron chi connectivity index (χ2n) is 2.43. The van der Waals surface area contributed by atoms with Crippen LogP contribution in [-0.2, 0) is 0 Å². The zero-order valence-corrected chi connectivity index (χ0v) is 6.50. The number of ketones is 1. The zero-order valence-electron chi connectivity index (χ0n) is 6.50. The Balaban J connectivity index is 2.90. The zero-order chi connectivity index (χ0) is 8.43. The van der Waals surface area contributed by atoms with Gasteiger partial charge in [-0.15, -0.1) is 0 Å². The number of hydrogen-bond donors (Lipinski definition) is 1. The molecule has 0 amide bonds. The van der Waals surface area contributed by atoms with Crippen LogP contribution >= 0.6 is 0 Å². The van der Waals surface area contributed by atoms with Gasteiger partial charge in [0.1, 0.15) is 11.9 Å². The molecule has 0 spiro atoms. The minimum absolute atomic E-state index is 0.128. The SMILES string of the molecule is CC(=O)c1ccc([C@@H](C)O)o1. The van der Waals surface area contributed by atoms with Crippen molar-refractivity contribution in [2.24, 2.45) is 0 Å². The minimum atomic E-state index is -0.650. The van der Waals surface area contributed by atoms with Crippen LogP contribution in [-0.4, -0.2) is 10.9 Å². The Labute approximate surface area is 64.6 Å². The summed E-state index contributed by atoms with van der Waals surface area (Å²) < 4.78 is 5.01. The monoisotopic (exact) mass is 154 g/mol. The fourth-order valence-corrected chi connectivity index (χ4v) is 0.767. The molecule has 3 heteroatoms. The molecule has 0 saturated carbocycles. The Morgan fingerprint density at radius 2 is 2.27 bits per heavy atom. The van der Waals surface area contributed by atoms with E-state index in [2.05, 4.69) is 0 Å². The van der Waals surface area contributed by atoms with Gasteiger partial charge in [-0.3, -0.25) is 4.79 Å². The summed E-state index contributed by atoms with van der Waals surface area (Å²) in [7, 11) is 0. The van der Waals surface area contributed by atoms with Gasteiger partial charge in [-0.05, 0) is 19.1 Å². The number of furan rings is 1. The number of aliphatic hydroxyl groups is 1. The van der Waals surface area contributed by atoms with E-state index < -0.39 is 6.10 Å². The number of carbonyl (C=O) groups excluding carboxylic acids is 1. The largest absolute Gasteiger partial charge is 0.455 e. The fraction of sp³-hybridized carbons (Fsp3) is 0.375. The lowest BCUT2D eigenvalue weighted by atomic mass is 10.3. The van der Waals surface area contributed by atoms with E-state index in [1.165, 1.54) is 6.92 Å². The summed E-state index contributed by atoms with van der Waals surface area (Å²) in [5, 5.41) is 9.01. The van der Waals surface area contributed by atoms with Gasteiger partial charge in [-0.25, -0.2) is 0 Å². The van der Waals surface area contributed by atoms with Gasteiger partial charge in [0.05, 0.1) is 0 Å². The first-order valence-corrected chi connectivity index (χ1v) is 3.40. The first-order valence-electron chi connectivity index (χ1n) is 3.40. The summed E-state index contributed by atoms with van der Waals surface area (Å²) in [5.74, 6) is 0.591. The van der Waals surface area contributed by atoms with E-state index in [0.717, 1.165) is 0 Å². The quantitative estimate of drug-likeness (QED) is 0.657. The van der Waals surface area contributed by atoms with Crippen molar-refractivity contribution in [3.05, 3.63) is 23.7 Å². The van der Waals surface area contributed by atoms with Crippen LogP contribution in [0.4, 0.5) is 0 Å². The Hall–Kier alpha value is -1.09. The third-order valence-electron chi connectivity index (χ3n) is 1.39. The highest BCUT2D eigenvalue weighted by molar-refractivity contribution is 5.91. The lowest BCUT2D eigenvalue weighted by Crippen LogP contribution is -1.89. The van der Waals surface area contributed by atoms with Crippen LogP contribution in [0.3, 0.4) is 0 Å². The number of carbonyl (C=O) groups is 1. The van der Waals surface area contributed by atoms with Crippen molar-refractivity contribution in [3.63, 3.8) is 0 Å². The highest BCUT2D eigenvalue weighted by atomic mass is 16.4. The minimum Gasteiger partial charge on any atom is -0.455 e. The first kappa shape index (κ1) is 8.01. The molecule has 0 aliphatic carbocycles. The van der Waals surface area contributed by atoms with Crippen molar-refractivity contribution in [1.29, 1.82) is 0 Å². The van der Waals surface area contributed by atoms with E-state index in [0.29, 0.717) is 11.5 Å². The van der Waals surface area contributed by atoms with E-state index in [1.54, 1.807) is 19.1 Å². The highest BCUT2D eigenvalue weighted by Crippen LogP contribution is 2.15. The second-order valence-corrected chi connectivity index (χ2v) is 2.43. The summed E-state index contributed by atoms with van der Waals surface area (Å²) in [4.78, 5) is 10.7. The van der Waals surface area contributed by atoms with Gasteiger partial charge in [-0.1, -0.05) is 0 Å². The van der Waals surface area contributed by atoms with Gasteiger partial charge >= 0.3 is 0 Å². The third kappa shape index (κ3) is 1.68. The third-order valence-corrected chi connectivity index (χ3v) is 1.39. The summed E-state index contributed by atoms with van der Waals surface area (Å²) in [6, 6.07) is 3.16.